The van der Waals surface area contributed by atoms with Crippen molar-refractivity contribution in [1.82, 2.24) is 9.97 Å². The number of benzene rings is 4. The van der Waals surface area contributed by atoms with Crippen LogP contribution < -0.4 is 4.90 Å². The van der Waals surface area contributed by atoms with E-state index in [0.717, 1.165) is 45.0 Å². The van der Waals surface area contributed by atoms with Crippen molar-refractivity contribution in [3.8, 4) is 28.1 Å². The van der Waals surface area contributed by atoms with Crippen LogP contribution >= 0.6 is 0 Å². The molecular formula is C42H40N3OPt-. The Labute approximate surface area is 292 Å². The van der Waals surface area contributed by atoms with Gasteiger partial charge in [0.15, 0.2) is 0 Å². The van der Waals surface area contributed by atoms with Crippen LogP contribution in [0, 0.1) is 6.07 Å². The molecule has 0 amide bonds. The van der Waals surface area contributed by atoms with E-state index in [2.05, 4.69) is 138 Å². The Morgan fingerprint density at radius 1 is 0.830 bits per heavy atom. The van der Waals surface area contributed by atoms with Crippen LogP contribution in [0.4, 0.5) is 17.2 Å². The van der Waals surface area contributed by atoms with E-state index < -0.39 is 0 Å². The summed E-state index contributed by atoms with van der Waals surface area (Å²) in [5, 5.41) is 11.9. The molecule has 2 aromatic heterocycles. The Hall–Kier alpha value is -4.27. The quantitative estimate of drug-likeness (QED) is 0.181. The summed E-state index contributed by atoms with van der Waals surface area (Å²) >= 11 is 0. The number of hydrogen-bond acceptors (Lipinski definition) is 4. The maximum atomic E-state index is 11.0. The molecule has 4 nitrogen and oxygen atoms in total. The van der Waals surface area contributed by atoms with E-state index in [9.17, 15) is 5.11 Å². The zero-order valence-corrected chi connectivity index (χ0v) is 30.3. The summed E-state index contributed by atoms with van der Waals surface area (Å²) in [6.45, 7) is 15.6. The van der Waals surface area contributed by atoms with E-state index in [-0.39, 0.29) is 37.6 Å². The molecule has 0 unspecified atom stereocenters. The van der Waals surface area contributed by atoms with Gasteiger partial charge in [0, 0.05) is 38.3 Å². The zero-order valence-electron chi connectivity index (χ0n) is 28.0. The standard InChI is InChI=1S/C42H40N3O.Pt/c1-26(2)28-22-23-43-39(25-28)45-36-11-9-8-10-33(36)42(6,7)34-19-14-29(24-37(34)45)35-20-17-32-31(18-21-38(46)40(32)44-35)27-12-15-30(16-13-27)41(3,4)5;/h8-23,25-26,46H,1-7H3;/q-1;. The number of aromatic hydroxyl groups is 1. The number of hydrogen-bond donors (Lipinski definition) is 1. The topological polar surface area (TPSA) is 49.2 Å². The predicted molar refractivity (Wildman–Crippen MR) is 191 cm³/mol. The molecule has 1 aliphatic rings. The fraction of sp³-hybridized carbons (Fsp3) is 0.238. The molecule has 240 valence electrons. The molecule has 0 saturated heterocycles. The Bertz CT molecular complexity index is 2110. The van der Waals surface area contributed by atoms with Crippen LogP contribution in [0.15, 0.2) is 103 Å². The number of para-hydroxylation sites is 1. The Kier molecular flexibility index (Phi) is 8.39. The molecular weight excluding hydrogens is 758 g/mol. The maximum absolute atomic E-state index is 11.0. The molecule has 3 heterocycles. The third-order valence-electron chi connectivity index (χ3n) is 9.48. The first kappa shape index (κ1) is 32.7. The first-order chi connectivity index (χ1) is 21.9. The van der Waals surface area contributed by atoms with E-state index in [1.54, 1.807) is 6.07 Å². The summed E-state index contributed by atoms with van der Waals surface area (Å²) in [5.74, 6) is 1.41. The molecule has 0 bridgehead atoms. The van der Waals surface area contributed by atoms with Crippen molar-refractivity contribution in [2.45, 2.75) is 65.2 Å². The van der Waals surface area contributed by atoms with Gasteiger partial charge in [0.05, 0.1) is 0 Å². The van der Waals surface area contributed by atoms with Gasteiger partial charge in [0.2, 0.25) is 0 Å². The molecule has 0 fully saturated rings. The average Bonchev–Trinajstić information content (AvgIpc) is 3.04. The third-order valence-corrected chi connectivity index (χ3v) is 9.48. The van der Waals surface area contributed by atoms with Crippen LogP contribution in [0.5, 0.6) is 5.75 Å². The minimum absolute atomic E-state index is 0. The van der Waals surface area contributed by atoms with Crippen LogP contribution in [0.2, 0.25) is 0 Å². The monoisotopic (exact) mass is 797 g/mol. The smallest absolute Gasteiger partial charge is 0.140 e. The molecule has 47 heavy (non-hydrogen) atoms. The van der Waals surface area contributed by atoms with E-state index in [4.69, 9.17) is 9.97 Å². The zero-order chi connectivity index (χ0) is 32.4. The largest absolute Gasteiger partial charge is 0.506 e. The van der Waals surface area contributed by atoms with Crippen LogP contribution in [0.25, 0.3) is 33.3 Å². The molecule has 6 aromatic rings. The van der Waals surface area contributed by atoms with Crippen LogP contribution in [-0.2, 0) is 31.9 Å². The van der Waals surface area contributed by atoms with Gasteiger partial charge in [0.1, 0.15) is 17.1 Å². The number of nitrogens with zero attached hydrogens (tertiary/aromatic N) is 3. The first-order valence-corrected chi connectivity index (χ1v) is 16.1. The molecule has 1 aliphatic heterocycles. The molecule has 1 N–H and O–H groups in total. The number of phenolic OH excluding ortho intramolecular Hbond substituents is 1. The SMILES string of the molecule is CC(C)c1ccnc(N2c3[c-]c(-c4ccc5c(-c6ccc(C(C)(C)C)cc6)ccc(O)c5n4)ccc3C(C)(C)c3ccccc32)c1.[Pt]. The molecule has 0 saturated carbocycles. The summed E-state index contributed by atoms with van der Waals surface area (Å²) in [7, 11) is 0. The molecule has 5 heteroatoms. The van der Waals surface area contributed by atoms with Gasteiger partial charge in [0.25, 0.3) is 0 Å². The van der Waals surface area contributed by atoms with E-state index in [0.29, 0.717) is 11.4 Å². The predicted octanol–water partition coefficient (Wildman–Crippen LogP) is 11.0. The molecule has 0 spiro atoms. The second kappa shape index (κ2) is 12.1. The third kappa shape index (κ3) is 5.68. The second-order valence-corrected chi connectivity index (χ2v) is 14.3. The number of anilines is 3. The van der Waals surface area contributed by atoms with E-state index >= 15 is 0 Å². The molecule has 0 atom stereocenters. The van der Waals surface area contributed by atoms with Gasteiger partial charge in [-0.25, -0.2) is 4.98 Å². The second-order valence-electron chi connectivity index (χ2n) is 14.3. The van der Waals surface area contributed by atoms with Crippen molar-refractivity contribution < 1.29 is 26.2 Å². The fourth-order valence-electron chi connectivity index (χ4n) is 6.68. The maximum Gasteiger partial charge on any atom is 0.140 e. The van der Waals surface area contributed by atoms with Crippen molar-refractivity contribution in [3.05, 3.63) is 132 Å². The molecule has 4 aromatic carbocycles. The van der Waals surface area contributed by atoms with Crippen molar-refractivity contribution in [3.63, 3.8) is 0 Å². The molecule has 0 radical (unpaired) electrons. The number of aromatic nitrogens is 2. The normalized spacial score (nSPS) is 13.7. The van der Waals surface area contributed by atoms with Gasteiger partial charge in [-0.05, 0) is 86.3 Å². The number of pyridine rings is 2. The van der Waals surface area contributed by atoms with Gasteiger partial charge >= 0.3 is 0 Å². The van der Waals surface area contributed by atoms with Gasteiger partial charge in [-0.1, -0.05) is 109 Å². The summed E-state index contributed by atoms with van der Waals surface area (Å²) in [5.41, 5.74) is 11.2. The van der Waals surface area contributed by atoms with Gasteiger partial charge in [-0.3, -0.25) is 4.98 Å². The molecule has 7 rings (SSSR count). The van der Waals surface area contributed by atoms with Crippen molar-refractivity contribution >= 4 is 28.1 Å². The van der Waals surface area contributed by atoms with E-state index in [1.165, 1.54) is 22.3 Å². The van der Waals surface area contributed by atoms with Crippen molar-refractivity contribution in [2.75, 3.05) is 4.90 Å². The number of rotatable bonds is 4. The van der Waals surface area contributed by atoms with Crippen molar-refractivity contribution in [2.24, 2.45) is 0 Å². The number of fused-ring (bicyclic) bond motifs is 3. The Morgan fingerprint density at radius 2 is 1.57 bits per heavy atom. The van der Waals surface area contributed by atoms with Gasteiger partial charge in [-0.2, -0.15) is 0 Å². The summed E-state index contributed by atoms with van der Waals surface area (Å²) < 4.78 is 0. The Morgan fingerprint density at radius 3 is 2.30 bits per heavy atom. The summed E-state index contributed by atoms with van der Waals surface area (Å²) in [6, 6.07) is 37.5. The van der Waals surface area contributed by atoms with Crippen LogP contribution in [0.3, 0.4) is 0 Å². The average molecular weight is 798 g/mol. The van der Waals surface area contributed by atoms with Gasteiger partial charge < -0.3 is 10.0 Å². The summed E-state index contributed by atoms with van der Waals surface area (Å²) in [4.78, 5) is 12.1. The minimum Gasteiger partial charge on any atom is -0.506 e. The summed E-state index contributed by atoms with van der Waals surface area (Å²) in [6.07, 6.45) is 1.90. The Balaban J connectivity index is 0.00000386. The fourth-order valence-corrected chi connectivity index (χ4v) is 6.68. The minimum atomic E-state index is -0.236. The first-order valence-electron chi connectivity index (χ1n) is 16.1. The number of phenols is 1. The van der Waals surface area contributed by atoms with Gasteiger partial charge in [-0.15, -0.1) is 23.8 Å². The van der Waals surface area contributed by atoms with Crippen LogP contribution in [0.1, 0.15) is 76.6 Å². The molecule has 0 aliphatic carbocycles. The van der Waals surface area contributed by atoms with Crippen molar-refractivity contribution in [1.29, 1.82) is 0 Å². The van der Waals surface area contributed by atoms with E-state index in [1.807, 2.05) is 18.3 Å². The van der Waals surface area contributed by atoms with Crippen LogP contribution in [-0.4, -0.2) is 15.1 Å².